The van der Waals surface area contributed by atoms with Gasteiger partial charge in [-0.1, -0.05) is 13.8 Å². The summed E-state index contributed by atoms with van der Waals surface area (Å²) < 4.78 is 6.82. The van der Waals surface area contributed by atoms with E-state index in [-0.39, 0.29) is 17.6 Å². The number of amides is 2. The summed E-state index contributed by atoms with van der Waals surface area (Å²) in [6, 6.07) is 7.95. The molecule has 0 unspecified atom stereocenters. The third-order valence-corrected chi connectivity index (χ3v) is 4.22. The molecule has 3 rings (SSSR count). The maximum Gasteiger partial charge on any atom is 0.287 e. The van der Waals surface area contributed by atoms with Gasteiger partial charge >= 0.3 is 0 Å². The summed E-state index contributed by atoms with van der Waals surface area (Å²) in [5, 5.41) is 9.89. The van der Waals surface area contributed by atoms with E-state index in [9.17, 15) is 9.59 Å². The van der Waals surface area contributed by atoms with Crippen LogP contribution in [0.25, 0.3) is 5.82 Å². The van der Waals surface area contributed by atoms with E-state index in [1.807, 2.05) is 33.8 Å². The van der Waals surface area contributed by atoms with Gasteiger partial charge in [-0.05, 0) is 50.1 Å². The van der Waals surface area contributed by atoms with Crippen LogP contribution < -0.4 is 10.6 Å². The number of aryl methyl sites for hydroxylation is 2. The minimum Gasteiger partial charge on any atom is -0.459 e. The molecule has 8 nitrogen and oxygen atoms in total. The number of furan rings is 1. The molecule has 0 spiro atoms. The molecule has 0 radical (unpaired) electrons. The van der Waals surface area contributed by atoms with Crippen LogP contribution in [0.5, 0.6) is 0 Å². The summed E-state index contributed by atoms with van der Waals surface area (Å²) in [6.07, 6.45) is 2.98. The molecule has 0 aliphatic rings. The van der Waals surface area contributed by atoms with E-state index in [0.717, 1.165) is 11.4 Å². The maximum absolute atomic E-state index is 12.7. The zero-order chi connectivity index (χ0) is 20.3. The number of anilines is 1. The Bertz CT molecular complexity index is 958. The fraction of sp³-hybridized carbons (Fsp3) is 0.300. The van der Waals surface area contributed by atoms with E-state index in [0.29, 0.717) is 11.5 Å². The Labute approximate surface area is 163 Å². The summed E-state index contributed by atoms with van der Waals surface area (Å²) in [5.41, 5.74) is 2.42. The van der Waals surface area contributed by atoms with Crippen LogP contribution in [0.1, 0.15) is 35.8 Å². The van der Waals surface area contributed by atoms with Crippen molar-refractivity contribution in [3.63, 3.8) is 0 Å². The van der Waals surface area contributed by atoms with E-state index < -0.39 is 11.9 Å². The van der Waals surface area contributed by atoms with Crippen LogP contribution in [0.4, 0.5) is 5.69 Å². The lowest BCUT2D eigenvalue weighted by atomic mass is 10.0. The average Bonchev–Trinajstić information content (AvgIpc) is 3.29. The summed E-state index contributed by atoms with van der Waals surface area (Å²) >= 11 is 0. The number of aromatic nitrogens is 3. The predicted octanol–water partition coefficient (Wildman–Crippen LogP) is 2.87. The summed E-state index contributed by atoms with van der Waals surface area (Å²) in [7, 11) is 0. The fourth-order valence-electron chi connectivity index (χ4n) is 2.82. The Morgan fingerprint density at radius 1 is 1.18 bits per heavy atom. The fourth-order valence-corrected chi connectivity index (χ4v) is 2.82. The monoisotopic (exact) mass is 381 g/mol. The Hall–Kier alpha value is -3.42. The third kappa shape index (κ3) is 4.28. The molecule has 0 fully saturated rings. The van der Waals surface area contributed by atoms with Gasteiger partial charge in [-0.3, -0.25) is 9.59 Å². The van der Waals surface area contributed by atoms with Crippen molar-refractivity contribution in [1.82, 2.24) is 20.1 Å². The molecule has 0 aliphatic heterocycles. The lowest BCUT2D eigenvalue weighted by molar-refractivity contribution is -0.118. The molecular formula is C20H23N5O3. The van der Waals surface area contributed by atoms with Gasteiger partial charge in [0.2, 0.25) is 5.91 Å². The van der Waals surface area contributed by atoms with Gasteiger partial charge in [-0.2, -0.15) is 5.10 Å². The zero-order valence-electron chi connectivity index (χ0n) is 16.3. The van der Waals surface area contributed by atoms with Crippen LogP contribution >= 0.6 is 0 Å². The van der Waals surface area contributed by atoms with Gasteiger partial charge in [0.05, 0.1) is 23.8 Å². The van der Waals surface area contributed by atoms with E-state index in [1.54, 1.807) is 35.1 Å². The second kappa shape index (κ2) is 8.08. The Balaban J connectivity index is 1.69. The van der Waals surface area contributed by atoms with Gasteiger partial charge in [0.25, 0.3) is 5.91 Å². The topological polar surface area (TPSA) is 102 Å². The molecular weight excluding hydrogens is 358 g/mol. The standard InChI is InChI=1S/C20H23N5O3/c1-12(2)18(23-19(26)16-6-5-9-28-16)20(27)22-15-7-8-17(21-11-15)25-14(4)10-13(3)24-25/h5-12,18H,1-4H3,(H,22,27)(H,23,26)/t18-/m0/s1. The van der Waals surface area contributed by atoms with Crippen molar-refractivity contribution in [3.05, 3.63) is 59.9 Å². The van der Waals surface area contributed by atoms with Crippen molar-refractivity contribution in [2.45, 2.75) is 33.7 Å². The minimum absolute atomic E-state index is 0.110. The van der Waals surface area contributed by atoms with Crippen molar-refractivity contribution < 1.29 is 14.0 Å². The normalized spacial score (nSPS) is 12.0. The molecule has 0 saturated carbocycles. The van der Waals surface area contributed by atoms with Crippen molar-refractivity contribution in [2.75, 3.05) is 5.32 Å². The molecule has 0 aromatic carbocycles. The van der Waals surface area contributed by atoms with Crippen molar-refractivity contribution in [1.29, 1.82) is 0 Å². The molecule has 8 heteroatoms. The van der Waals surface area contributed by atoms with Crippen molar-refractivity contribution >= 4 is 17.5 Å². The number of hydrogen-bond acceptors (Lipinski definition) is 5. The Morgan fingerprint density at radius 2 is 1.96 bits per heavy atom. The molecule has 3 heterocycles. The highest BCUT2D eigenvalue weighted by Gasteiger charge is 2.25. The Morgan fingerprint density at radius 3 is 2.50 bits per heavy atom. The van der Waals surface area contributed by atoms with Crippen LogP contribution in [0.3, 0.4) is 0 Å². The van der Waals surface area contributed by atoms with E-state index in [2.05, 4.69) is 20.7 Å². The first kappa shape index (κ1) is 19.3. The maximum atomic E-state index is 12.7. The van der Waals surface area contributed by atoms with Crippen LogP contribution in [0.2, 0.25) is 0 Å². The highest BCUT2D eigenvalue weighted by molar-refractivity contribution is 6.00. The number of nitrogens with zero attached hydrogens (tertiary/aromatic N) is 3. The van der Waals surface area contributed by atoms with Gasteiger partial charge in [0.1, 0.15) is 6.04 Å². The zero-order valence-corrected chi connectivity index (χ0v) is 16.3. The molecule has 1 atom stereocenters. The molecule has 3 aromatic rings. The summed E-state index contributed by atoms with van der Waals surface area (Å²) in [5.74, 6) is -0.0437. The average molecular weight is 381 g/mol. The number of hydrogen-bond donors (Lipinski definition) is 2. The summed E-state index contributed by atoms with van der Waals surface area (Å²) in [6.45, 7) is 7.58. The number of carbonyl (C=O) groups excluding carboxylic acids is 2. The van der Waals surface area contributed by atoms with Gasteiger partial charge in [0, 0.05) is 5.69 Å². The van der Waals surface area contributed by atoms with Gasteiger partial charge in [-0.25, -0.2) is 9.67 Å². The smallest absolute Gasteiger partial charge is 0.287 e. The molecule has 146 valence electrons. The lowest BCUT2D eigenvalue weighted by Gasteiger charge is -2.21. The van der Waals surface area contributed by atoms with Gasteiger partial charge in [-0.15, -0.1) is 0 Å². The predicted molar refractivity (Wildman–Crippen MR) is 104 cm³/mol. The molecule has 0 aliphatic carbocycles. The second-order valence-electron chi connectivity index (χ2n) is 6.91. The molecule has 28 heavy (non-hydrogen) atoms. The first-order chi connectivity index (χ1) is 13.3. The lowest BCUT2D eigenvalue weighted by Crippen LogP contribution is -2.47. The number of carbonyl (C=O) groups is 2. The molecule has 0 saturated heterocycles. The number of rotatable bonds is 6. The van der Waals surface area contributed by atoms with Crippen LogP contribution in [-0.2, 0) is 4.79 Å². The summed E-state index contributed by atoms with van der Waals surface area (Å²) in [4.78, 5) is 29.2. The van der Waals surface area contributed by atoms with Gasteiger partial charge < -0.3 is 15.1 Å². The van der Waals surface area contributed by atoms with Gasteiger partial charge in [0.15, 0.2) is 11.6 Å². The van der Waals surface area contributed by atoms with E-state index in [1.165, 1.54) is 6.26 Å². The highest BCUT2D eigenvalue weighted by Crippen LogP contribution is 2.14. The third-order valence-electron chi connectivity index (χ3n) is 4.22. The Kier molecular flexibility index (Phi) is 5.58. The van der Waals surface area contributed by atoms with Crippen LogP contribution in [0, 0.1) is 19.8 Å². The second-order valence-corrected chi connectivity index (χ2v) is 6.91. The highest BCUT2D eigenvalue weighted by atomic mass is 16.3. The quantitative estimate of drug-likeness (QED) is 0.684. The molecule has 0 bridgehead atoms. The molecule has 2 N–H and O–H groups in total. The van der Waals surface area contributed by atoms with Crippen LogP contribution in [-0.4, -0.2) is 32.6 Å². The first-order valence-corrected chi connectivity index (χ1v) is 9.00. The SMILES string of the molecule is Cc1cc(C)n(-c2ccc(NC(=O)[C@@H](NC(=O)c3ccco3)C(C)C)cn2)n1. The van der Waals surface area contributed by atoms with E-state index >= 15 is 0 Å². The number of nitrogens with one attached hydrogen (secondary N) is 2. The molecule has 2 amide bonds. The molecule has 3 aromatic heterocycles. The largest absolute Gasteiger partial charge is 0.459 e. The number of pyridine rings is 1. The van der Waals surface area contributed by atoms with Crippen molar-refractivity contribution in [3.8, 4) is 5.82 Å². The first-order valence-electron chi connectivity index (χ1n) is 9.00. The van der Waals surface area contributed by atoms with Crippen LogP contribution in [0.15, 0.2) is 47.2 Å². The van der Waals surface area contributed by atoms with E-state index in [4.69, 9.17) is 4.42 Å². The van der Waals surface area contributed by atoms with Crippen molar-refractivity contribution in [2.24, 2.45) is 5.92 Å². The minimum atomic E-state index is -0.715.